The van der Waals surface area contributed by atoms with Crippen LogP contribution in [0.4, 0.5) is 11.4 Å². The summed E-state index contributed by atoms with van der Waals surface area (Å²) in [6.07, 6.45) is 0. The Morgan fingerprint density at radius 1 is 1.00 bits per heavy atom. The van der Waals surface area contributed by atoms with Crippen molar-refractivity contribution in [2.24, 2.45) is 0 Å². The van der Waals surface area contributed by atoms with Gasteiger partial charge in [-0.15, -0.1) is 0 Å². The third-order valence-corrected chi connectivity index (χ3v) is 4.98. The number of carbonyl (C=O) groups excluding carboxylic acids is 2. The highest BCUT2D eigenvalue weighted by Crippen LogP contribution is 2.40. The highest BCUT2D eigenvalue weighted by molar-refractivity contribution is 6.46. The molecule has 0 saturated carbocycles. The van der Waals surface area contributed by atoms with Gasteiger partial charge in [0.05, 0.1) is 41.3 Å². The second kappa shape index (κ2) is 9.97. The number of nitro benzene ring substituents is 2. The van der Waals surface area contributed by atoms with Crippen LogP contribution in [-0.2, 0) is 14.3 Å². The molecule has 1 heterocycles. The molecule has 1 saturated heterocycles. The van der Waals surface area contributed by atoms with Gasteiger partial charge in [0.1, 0.15) is 5.76 Å². The van der Waals surface area contributed by atoms with Crippen molar-refractivity contribution in [1.29, 1.82) is 0 Å². The minimum atomic E-state index is -1.19. The van der Waals surface area contributed by atoms with Crippen LogP contribution in [0.25, 0.3) is 5.76 Å². The summed E-state index contributed by atoms with van der Waals surface area (Å²) in [5.41, 5.74) is -0.850. The first-order valence-electron chi connectivity index (χ1n) is 9.72. The number of ketones is 1. The number of Topliss-reactive ketones (excluding diaryl/α,β-unsaturated/α-hetero) is 1. The van der Waals surface area contributed by atoms with Crippen LogP contribution < -0.4 is 0 Å². The highest BCUT2D eigenvalue weighted by Gasteiger charge is 2.46. The maximum absolute atomic E-state index is 12.9. The number of likely N-dealkylation sites (tertiary alicyclic amines) is 1. The minimum Gasteiger partial charge on any atom is -0.507 e. The molecule has 12 heteroatoms. The van der Waals surface area contributed by atoms with E-state index in [1.807, 2.05) is 0 Å². The van der Waals surface area contributed by atoms with Crippen LogP contribution in [0.15, 0.2) is 54.1 Å². The van der Waals surface area contributed by atoms with Crippen molar-refractivity contribution in [3.05, 3.63) is 85.5 Å². The average Bonchev–Trinajstić information content (AvgIpc) is 3.06. The fourth-order valence-corrected chi connectivity index (χ4v) is 3.52. The Kier molecular flexibility index (Phi) is 7.10. The molecule has 0 aromatic heterocycles. The molecular weight excluding hydrogens is 438 g/mol. The number of hydrogen-bond acceptors (Lipinski definition) is 9. The largest absolute Gasteiger partial charge is 0.507 e. The molecule has 0 unspecified atom stereocenters. The van der Waals surface area contributed by atoms with Crippen LogP contribution in [0.3, 0.4) is 0 Å². The number of nitrogens with zero attached hydrogens (tertiary/aromatic N) is 3. The second-order valence-electron chi connectivity index (χ2n) is 6.99. The van der Waals surface area contributed by atoms with Crippen molar-refractivity contribution >= 4 is 28.8 Å². The van der Waals surface area contributed by atoms with Gasteiger partial charge in [-0.3, -0.25) is 29.8 Å². The summed E-state index contributed by atoms with van der Waals surface area (Å²) in [4.78, 5) is 47.8. The van der Waals surface area contributed by atoms with Crippen LogP contribution in [-0.4, -0.2) is 63.0 Å². The molecule has 1 amide bonds. The number of hydrogen-bond donors (Lipinski definition) is 2. The molecule has 1 fully saturated rings. The summed E-state index contributed by atoms with van der Waals surface area (Å²) in [6.45, 7) is -0.404. The number of rotatable bonds is 9. The lowest BCUT2D eigenvalue weighted by atomic mass is 9.95. The number of benzene rings is 2. The second-order valence-corrected chi connectivity index (χ2v) is 6.99. The first kappa shape index (κ1) is 23.5. The molecule has 3 rings (SSSR count). The normalized spacial score (nSPS) is 17.4. The van der Waals surface area contributed by atoms with Gasteiger partial charge in [-0.2, -0.15) is 0 Å². The van der Waals surface area contributed by atoms with Gasteiger partial charge >= 0.3 is 0 Å². The number of amides is 1. The van der Waals surface area contributed by atoms with Gasteiger partial charge in [-0.25, -0.2) is 0 Å². The summed E-state index contributed by atoms with van der Waals surface area (Å²) >= 11 is 0. The van der Waals surface area contributed by atoms with Crippen LogP contribution in [0.1, 0.15) is 17.2 Å². The van der Waals surface area contributed by atoms with Crippen LogP contribution in [0, 0.1) is 20.2 Å². The van der Waals surface area contributed by atoms with E-state index in [-0.39, 0.29) is 54.4 Å². The van der Waals surface area contributed by atoms with E-state index >= 15 is 0 Å². The number of aliphatic hydroxyl groups is 2. The zero-order valence-electron chi connectivity index (χ0n) is 17.1. The van der Waals surface area contributed by atoms with E-state index in [2.05, 4.69) is 0 Å². The molecule has 2 aromatic rings. The lowest BCUT2D eigenvalue weighted by Crippen LogP contribution is -2.33. The Bertz CT molecular complexity index is 1150. The van der Waals surface area contributed by atoms with E-state index in [1.54, 1.807) is 0 Å². The van der Waals surface area contributed by atoms with Crippen molar-refractivity contribution in [3.8, 4) is 0 Å². The third-order valence-electron chi connectivity index (χ3n) is 4.98. The van der Waals surface area contributed by atoms with Crippen molar-refractivity contribution in [2.75, 3.05) is 26.4 Å². The SMILES string of the molecule is O=C1C(=O)N(CCOCCO)[C@@H](c2cccc([N+](=O)[O-])c2)C1=C(O)c1cccc([N+](=O)[O-])c1. The predicted molar refractivity (Wildman–Crippen MR) is 113 cm³/mol. The standard InChI is InChI=1S/C21H19N3O9/c25-8-10-33-9-7-22-18(13-3-1-5-15(11-13)23(29)30)17(20(27)21(22)28)19(26)14-4-2-6-16(12-14)24(31)32/h1-6,11-12,18,25-26H,7-10H2/t18-/m0/s1. The first-order chi connectivity index (χ1) is 15.8. The van der Waals surface area contributed by atoms with Crippen LogP contribution in [0.2, 0.25) is 0 Å². The smallest absolute Gasteiger partial charge is 0.295 e. The topological polar surface area (TPSA) is 173 Å². The average molecular weight is 457 g/mol. The van der Waals surface area contributed by atoms with E-state index in [9.17, 15) is 34.9 Å². The number of non-ortho nitro benzene ring substituents is 2. The molecule has 172 valence electrons. The third kappa shape index (κ3) is 4.86. The molecule has 12 nitrogen and oxygen atoms in total. The summed E-state index contributed by atoms with van der Waals surface area (Å²) in [5, 5.41) is 42.1. The minimum absolute atomic E-state index is 0.000911. The fourth-order valence-electron chi connectivity index (χ4n) is 3.52. The van der Waals surface area contributed by atoms with E-state index in [0.717, 1.165) is 11.0 Å². The Labute approximate surface area is 186 Å². The molecule has 0 aliphatic carbocycles. The number of aliphatic hydroxyl groups excluding tert-OH is 2. The predicted octanol–water partition coefficient (Wildman–Crippen LogP) is 1.93. The molecule has 1 atom stereocenters. The van der Waals surface area contributed by atoms with Gasteiger partial charge < -0.3 is 19.8 Å². The number of nitro groups is 2. The zero-order chi connectivity index (χ0) is 24.1. The van der Waals surface area contributed by atoms with Gasteiger partial charge in [-0.05, 0) is 5.56 Å². The maximum atomic E-state index is 12.9. The van der Waals surface area contributed by atoms with E-state index in [0.29, 0.717) is 0 Å². The van der Waals surface area contributed by atoms with E-state index in [4.69, 9.17) is 9.84 Å². The lowest BCUT2D eigenvalue weighted by molar-refractivity contribution is -0.385. The Hall–Kier alpha value is -4.16. The van der Waals surface area contributed by atoms with Gasteiger partial charge in [0.2, 0.25) is 0 Å². The maximum Gasteiger partial charge on any atom is 0.295 e. The Balaban J connectivity index is 2.14. The van der Waals surface area contributed by atoms with Crippen molar-refractivity contribution in [3.63, 3.8) is 0 Å². The van der Waals surface area contributed by atoms with Crippen LogP contribution in [0.5, 0.6) is 0 Å². The fraction of sp³-hybridized carbons (Fsp3) is 0.238. The Morgan fingerprint density at radius 2 is 1.64 bits per heavy atom. The summed E-state index contributed by atoms with van der Waals surface area (Å²) in [7, 11) is 0. The van der Waals surface area contributed by atoms with Crippen molar-refractivity contribution in [1.82, 2.24) is 4.90 Å². The molecule has 1 aliphatic rings. The molecule has 2 N–H and O–H groups in total. The van der Waals surface area contributed by atoms with E-state index in [1.165, 1.54) is 42.5 Å². The summed E-state index contributed by atoms with van der Waals surface area (Å²) in [5.74, 6) is -2.66. The summed E-state index contributed by atoms with van der Waals surface area (Å²) in [6, 6.07) is 8.97. The van der Waals surface area contributed by atoms with Gasteiger partial charge in [-0.1, -0.05) is 24.3 Å². The quantitative estimate of drug-likeness (QED) is 0.142. The summed E-state index contributed by atoms with van der Waals surface area (Å²) < 4.78 is 5.18. The molecule has 0 bridgehead atoms. The molecule has 0 spiro atoms. The number of carbonyl (C=O) groups is 2. The zero-order valence-corrected chi connectivity index (χ0v) is 17.1. The molecule has 1 aliphatic heterocycles. The van der Waals surface area contributed by atoms with Gasteiger partial charge in [0, 0.05) is 36.4 Å². The van der Waals surface area contributed by atoms with Crippen molar-refractivity contribution < 1.29 is 34.4 Å². The monoisotopic (exact) mass is 457 g/mol. The molecule has 33 heavy (non-hydrogen) atoms. The first-order valence-corrected chi connectivity index (χ1v) is 9.72. The lowest BCUT2D eigenvalue weighted by Gasteiger charge is -2.25. The highest BCUT2D eigenvalue weighted by atomic mass is 16.6. The molecule has 0 radical (unpaired) electrons. The van der Waals surface area contributed by atoms with Gasteiger partial charge in [0.25, 0.3) is 23.1 Å². The molecular formula is C21H19N3O9. The van der Waals surface area contributed by atoms with Crippen molar-refractivity contribution in [2.45, 2.75) is 6.04 Å². The van der Waals surface area contributed by atoms with E-state index < -0.39 is 33.3 Å². The van der Waals surface area contributed by atoms with Gasteiger partial charge in [0.15, 0.2) is 0 Å². The Morgan fingerprint density at radius 3 is 2.27 bits per heavy atom. The molecule has 2 aromatic carbocycles. The number of ether oxygens (including phenoxy) is 1. The van der Waals surface area contributed by atoms with Crippen LogP contribution >= 0.6 is 0 Å².